The predicted molar refractivity (Wildman–Crippen MR) is 231 cm³/mol. The van der Waals surface area contributed by atoms with Gasteiger partial charge in [0.05, 0.1) is 59.1 Å². The second-order valence-corrected chi connectivity index (χ2v) is 18.0. The number of nitrogens with zero attached hydrogens (tertiary/aromatic N) is 8. The first kappa shape index (κ1) is 43.5. The molecular weight excluding hydrogens is 857 g/mol. The van der Waals surface area contributed by atoms with Gasteiger partial charge in [0.1, 0.15) is 23.2 Å². The van der Waals surface area contributed by atoms with Gasteiger partial charge in [0, 0.05) is 50.1 Å². The maximum absolute atomic E-state index is 16.1. The van der Waals surface area contributed by atoms with Crippen LogP contribution in [-0.2, 0) is 16.6 Å². The van der Waals surface area contributed by atoms with Crippen molar-refractivity contribution >= 4 is 57.4 Å². The third kappa shape index (κ3) is 8.03. The number of urea groups is 1. The Morgan fingerprint density at radius 1 is 1.05 bits per heavy atom. The van der Waals surface area contributed by atoms with Crippen molar-refractivity contribution in [1.29, 1.82) is 5.26 Å². The molecule has 3 amide bonds. The fourth-order valence-corrected chi connectivity index (χ4v) is 10.2. The van der Waals surface area contributed by atoms with Crippen molar-refractivity contribution in [2.75, 3.05) is 49.5 Å². The quantitative estimate of drug-likeness (QED) is 0.106. The van der Waals surface area contributed by atoms with Crippen LogP contribution < -0.4 is 25.2 Å². The standard InChI is InChI=1S/C44H46F4N10O5S/c1-4-54(2)64-53-36-8-6-33(45)39(31(36)21-49)63-27-5-7-35-29(17-27)41(60)58(24-50-35)26-20-43(62-22-26)13-9-25(10-14-43)56-15-11-32(44(47,48)23-56)28-19-37-30(18-34(28)46)40(52-55(37)3)57-16-12-38(59)51-42(57)61/h5-8,17-19,24-26,32,53H,4,9-16,20,22-23H2,1-3H3,(H,51,59,61). The number of hydrogen-bond donors (Lipinski definition) is 2. The maximum Gasteiger partial charge on any atom is 0.329 e. The van der Waals surface area contributed by atoms with Crippen LogP contribution in [0.2, 0.25) is 0 Å². The molecule has 2 atom stereocenters. The van der Waals surface area contributed by atoms with E-state index in [-0.39, 0.29) is 82.9 Å². The number of imide groups is 1. The number of nitriles is 1. The summed E-state index contributed by atoms with van der Waals surface area (Å²) in [6.07, 6.45) is 4.55. The third-order valence-electron chi connectivity index (χ3n) is 13.2. The van der Waals surface area contributed by atoms with Gasteiger partial charge in [0.15, 0.2) is 17.4 Å². The number of anilines is 2. The number of aromatic nitrogens is 4. The van der Waals surface area contributed by atoms with Crippen LogP contribution in [0, 0.1) is 23.0 Å². The fraction of sp³-hybridized carbons (Fsp3) is 0.455. The number of aryl methyl sites for hydroxylation is 1. The highest BCUT2D eigenvalue weighted by Crippen LogP contribution is 2.48. The van der Waals surface area contributed by atoms with Gasteiger partial charge in [-0.15, -0.1) is 0 Å². The van der Waals surface area contributed by atoms with Crippen LogP contribution in [0.3, 0.4) is 0 Å². The number of benzene rings is 3. The molecule has 64 heavy (non-hydrogen) atoms. The van der Waals surface area contributed by atoms with Crippen molar-refractivity contribution < 1.29 is 36.6 Å². The molecule has 15 nitrogen and oxygen atoms in total. The number of likely N-dealkylation sites (tertiary alicyclic amines) is 1. The van der Waals surface area contributed by atoms with E-state index in [1.54, 1.807) is 23.7 Å². The summed E-state index contributed by atoms with van der Waals surface area (Å²) in [5.74, 6) is -6.53. The van der Waals surface area contributed by atoms with E-state index in [0.29, 0.717) is 55.4 Å². The number of nitrogens with one attached hydrogen (secondary N) is 2. The number of piperidine rings is 1. The van der Waals surface area contributed by atoms with E-state index in [9.17, 15) is 19.6 Å². The van der Waals surface area contributed by atoms with Crippen molar-refractivity contribution in [3.63, 3.8) is 0 Å². The second-order valence-electron chi connectivity index (χ2n) is 17.0. The van der Waals surface area contributed by atoms with Gasteiger partial charge in [-0.2, -0.15) is 10.4 Å². The SMILES string of the molecule is CCN(C)SNc1ccc(F)c(Oc2ccc3ncn(C4COC5(CCC(N6CCC(c7cc8c(cc7F)c(N7CCC(=O)NC7=O)nn8C)C(F)(F)C6)CC5)C4)c(=O)c3c2)c1C#N. The van der Waals surface area contributed by atoms with Gasteiger partial charge in [-0.25, -0.2) is 31.6 Å². The summed E-state index contributed by atoms with van der Waals surface area (Å²) in [5.41, 5.74) is 0.181. The highest BCUT2D eigenvalue weighted by atomic mass is 32.2. The molecular formula is C44H46F4N10O5S. The molecule has 20 heteroatoms. The zero-order valence-electron chi connectivity index (χ0n) is 35.4. The lowest BCUT2D eigenvalue weighted by molar-refractivity contribution is -0.120. The molecule has 2 N–H and O–H groups in total. The summed E-state index contributed by atoms with van der Waals surface area (Å²) in [6.45, 7) is 2.84. The first-order chi connectivity index (χ1) is 30.7. The number of alkyl halides is 2. The lowest BCUT2D eigenvalue weighted by Crippen LogP contribution is -2.53. The number of carbonyl (C=O) groups is 2. The Balaban J connectivity index is 0.850. The summed E-state index contributed by atoms with van der Waals surface area (Å²) >= 11 is 1.25. The molecule has 9 rings (SSSR count). The van der Waals surface area contributed by atoms with Gasteiger partial charge in [0.25, 0.3) is 11.5 Å². The lowest BCUT2D eigenvalue weighted by atomic mass is 9.78. The molecule has 5 heterocycles. The minimum atomic E-state index is -3.24. The van der Waals surface area contributed by atoms with E-state index in [2.05, 4.69) is 20.1 Å². The molecule has 2 aromatic heterocycles. The molecule has 3 saturated heterocycles. The van der Waals surface area contributed by atoms with Crippen LogP contribution in [0.15, 0.2) is 53.6 Å². The smallest absolute Gasteiger partial charge is 0.329 e. The van der Waals surface area contributed by atoms with Crippen LogP contribution >= 0.6 is 12.1 Å². The van der Waals surface area contributed by atoms with Gasteiger partial charge < -0.3 is 14.2 Å². The molecule has 1 saturated carbocycles. The van der Waals surface area contributed by atoms with Crippen molar-refractivity contribution in [2.24, 2.45) is 7.05 Å². The molecule has 336 valence electrons. The number of halogens is 4. The molecule has 5 aromatic rings. The van der Waals surface area contributed by atoms with Gasteiger partial charge in [0.2, 0.25) is 5.91 Å². The highest BCUT2D eigenvalue weighted by molar-refractivity contribution is 7.98. The molecule has 2 unspecified atom stereocenters. The molecule has 0 radical (unpaired) electrons. The van der Waals surface area contributed by atoms with Crippen LogP contribution in [0.4, 0.5) is 33.9 Å². The largest absolute Gasteiger partial charge is 0.453 e. The molecule has 4 fully saturated rings. The number of rotatable bonds is 10. The summed E-state index contributed by atoms with van der Waals surface area (Å²) in [6, 6.07) is 10.8. The van der Waals surface area contributed by atoms with Crippen molar-refractivity contribution in [1.82, 2.24) is 33.9 Å². The Morgan fingerprint density at radius 2 is 1.84 bits per heavy atom. The molecule has 1 aliphatic carbocycles. The van der Waals surface area contributed by atoms with E-state index in [0.717, 1.165) is 12.6 Å². The van der Waals surface area contributed by atoms with Crippen LogP contribution in [0.1, 0.15) is 75.0 Å². The minimum absolute atomic E-state index is 0.0280. The summed E-state index contributed by atoms with van der Waals surface area (Å²) in [4.78, 5) is 45.8. The highest BCUT2D eigenvalue weighted by Gasteiger charge is 2.50. The van der Waals surface area contributed by atoms with E-state index in [1.807, 2.05) is 29.2 Å². The van der Waals surface area contributed by atoms with Crippen LogP contribution in [0.5, 0.6) is 11.5 Å². The Morgan fingerprint density at radius 3 is 2.58 bits per heavy atom. The van der Waals surface area contributed by atoms with E-state index in [1.165, 1.54) is 52.3 Å². The number of carbonyl (C=O) groups excluding carboxylic acids is 2. The molecule has 3 aromatic carbocycles. The predicted octanol–water partition coefficient (Wildman–Crippen LogP) is 7.37. The monoisotopic (exact) mass is 902 g/mol. The lowest BCUT2D eigenvalue weighted by Gasteiger charge is -2.46. The topological polar surface area (TPSA) is 163 Å². The number of fused-ring (bicyclic) bond motifs is 2. The molecule has 4 aliphatic rings. The third-order valence-corrected chi connectivity index (χ3v) is 14.1. The normalized spacial score (nSPS) is 23.9. The van der Waals surface area contributed by atoms with Gasteiger partial charge >= 0.3 is 6.03 Å². The van der Waals surface area contributed by atoms with Gasteiger partial charge in [-0.3, -0.25) is 34.0 Å². The Hall–Kier alpha value is -5.75. The molecule has 3 aliphatic heterocycles. The summed E-state index contributed by atoms with van der Waals surface area (Å²) < 4.78 is 83.5. The summed E-state index contributed by atoms with van der Waals surface area (Å²) in [5, 5.41) is 17.1. The number of ether oxygens (including phenoxy) is 2. The first-order valence-electron chi connectivity index (χ1n) is 21.3. The molecule has 1 spiro atoms. The summed E-state index contributed by atoms with van der Waals surface area (Å²) in [7, 11) is 3.46. The number of amides is 3. The van der Waals surface area contributed by atoms with Crippen LogP contribution in [-0.4, -0.2) is 97.9 Å². The fourth-order valence-electron chi connectivity index (χ4n) is 9.61. The Labute approximate surface area is 369 Å². The van der Waals surface area contributed by atoms with Crippen LogP contribution in [0.25, 0.3) is 21.8 Å². The van der Waals surface area contributed by atoms with E-state index >= 15 is 17.6 Å². The van der Waals surface area contributed by atoms with Crippen molar-refractivity contribution in [3.8, 4) is 17.6 Å². The number of hydrogen-bond acceptors (Lipinski definition) is 12. The second kappa shape index (κ2) is 17.0. The maximum atomic E-state index is 16.1. The van der Waals surface area contributed by atoms with Gasteiger partial charge in [-0.05, 0) is 100 Å². The zero-order valence-corrected chi connectivity index (χ0v) is 36.2. The van der Waals surface area contributed by atoms with Crippen molar-refractivity contribution in [2.45, 2.75) is 81.4 Å². The average molecular weight is 903 g/mol. The Bertz CT molecular complexity index is 2770. The van der Waals surface area contributed by atoms with E-state index in [4.69, 9.17) is 9.47 Å². The van der Waals surface area contributed by atoms with Crippen molar-refractivity contribution in [3.05, 3.63) is 81.9 Å². The Kier molecular flexibility index (Phi) is 11.5. The van der Waals surface area contributed by atoms with Gasteiger partial charge in [-0.1, -0.05) is 6.92 Å². The van der Waals surface area contributed by atoms with E-state index < -0.39 is 47.6 Å². The zero-order chi connectivity index (χ0) is 45.1. The molecule has 0 bridgehead atoms. The average Bonchev–Trinajstić information content (AvgIpc) is 3.82. The minimum Gasteiger partial charge on any atom is -0.453 e. The first-order valence-corrected chi connectivity index (χ1v) is 22.0.